The van der Waals surface area contributed by atoms with E-state index in [9.17, 15) is 9.50 Å². The molecule has 1 N–H and O–H groups in total. The Morgan fingerprint density at radius 2 is 1.76 bits per heavy atom. The largest absolute Gasteiger partial charge is 0.504 e. The number of hydrogen-bond donors (Lipinski definition) is 1. The van der Waals surface area contributed by atoms with Gasteiger partial charge in [0.1, 0.15) is 5.52 Å². The van der Waals surface area contributed by atoms with E-state index >= 15 is 0 Å². The number of halogens is 1. The lowest BCUT2D eigenvalue weighted by Crippen LogP contribution is -1.85. The molecule has 4 rings (SSSR count). The van der Waals surface area contributed by atoms with E-state index in [-0.39, 0.29) is 0 Å². The van der Waals surface area contributed by atoms with Gasteiger partial charge in [-0.05, 0) is 48.5 Å². The smallest absolute Gasteiger partial charge is 0.227 e. The maximum Gasteiger partial charge on any atom is 0.227 e. The SMILES string of the molecule is Oc1c(F)cccc1C=Nc1ccc(-c2nc3ccccc3o2)cc1. The highest BCUT2D eigenvalue weighted by Crippen LogP contribution is 2.26. The summed E-state index contributed by atoms with van der Waals surface area (Å²) in [5.41, 5.74) is 3.37. The number of phenolic OH excluding ortho intramolecular Hbond substituents is 1. The average Bonchev–Trinajstić information content (AvgIpc) is 3.07. The first-order valence-electron chi connectivity index (χ1n) is 7.68. The van der Waals surface area contributed by atoms with Crippen LogP contribution in [0.3, 0.4) is 0 Å². The molecule has 0 fully saturated rings. The van der Waals surface area contributed by atoms with Crippen LogP contribution in [0.2, 0.25) is 0 Å². The van der Waals surface area contributed by atoms with Gasteiger partial charge in [-0.1, -0.05) is 18.2 Å². The van der Waals surface area contributed by atoms with Crippen molar-refractivity contribution in [1.29, 1.82) is 0 Å². The average molecular weight is 332 g/mol. The molecule has 25 heavy (non-hydrogen) atoms. The molecule has 1 aromatic heterocycles. The Balaban J connectivity index is 1.59. The number of para-hydroxylation sites is 3. The van der Waals surface area contributed by atoms with Gasteiger partial charge < -0.3 is 9.52 Å². The molecule has 0 spiro atoms. The van der Waals surface area contributed by atoms with Gasteiger partial charge in [-0.2, -0.15) is 0 Å². The van der Waals surface area contributed by atoms with Gasteiger partial charge in [-0.3, -0.25) is 4.99 Å². The molecule has 0 aliphatic heterocycles. The van der Waals surface area contributed by atoms with Gasteiger partial charge in [-0.25, -0.2) is 9.37 Å². The molecular formula is C20H13FN2O2. The van der Waals surface area contributed by atoms with Crippen molar-refractivity contribution in [2.75, 3.05) is 0 Å². The minimum atomic E-state index is -0.671. The molecule has 0 atom stereocenters. The fraction of sp³-hybridized carbons (Fsp3) is 0. The van der Waals surface area contributed by atoms with Crippen molar-refractivity contribution in [2.24, 2.45) is 4.99 Å². The quantitative estimate of drug-likeness (QED) is 0.532. The van der Waals surface area contributed by atoms with Crippen molar-refractivity contribution in [3.63, 3.8) is 0 Å². The van der Waals surface area contributed by atoms with E-state index in [1.807, 2.05) is 36.4 Å². The lowest BCUT2D eigenvalue weighted by Gasteiger charge is -2.00. The van der Waals surface area contributed by atoms with Crippen molar-refractivity contribution < 1.29 is 13.9 Å². The number of phenols is 1. The number of rotatable bonds is 3. The van der Waals surface area contributed by atoms with Gasteiger partial charge in [-0.15, -0.1) is 0 Å². The second kappa shape index (κ2) is 6.20. The third-order valence-corrected chi connectivity index (χ3v) is 3.78. The first kappa shape index (κ1) is 15.1. The number of fused-ring (bicyclic) bond motifs is 1. The zero-order valence-corrected chi connectivity index (χ0v) is 13.1. The highest BCUT2D eigenvalue weighted by atomic mass is 19.1. The summed E-state index contributed by atoms with van der Waals surface area (Å²) >= 11 is 0. The number of hydrogen-bond acceptors (Lipinski definition) is 4. The van der Waals surface area contributed by atoms with Crippen LogP contribution in [-0.4, -0.2) is 16.3 Å². The van der Waals surface area contributed by atoms with Crippen LogP contribution in [0.15, 0.2) is 76.1 Å². The number of aromatic hydroxyl groups is 1. The summed E-state index contributed by atoms with van der Waals surface area (Å²) in [5, 5.41) is 9.65. The van der Waals surface area contributed by atoms with Gasteiger partial charge in [0.25, 0.3) is 0 Å². The summed E-state index contributed by atoms with van der Waals surface area (Å²) in [4.78, 5) is 8.70. The lowest BCUT2D eigenvalue weighted by atomic mass is 10.2. The third kappa shape index (κ3) is 2.99. The topological polar surface area (TPSA) is 58.6 Å². The monoisotopic (exact) mass is 332 g/mol. The van der Waals surface area contributed by atoms with E-state index in [1.54, 1.807) is 18.2 Å². The van der Waals surface area contributed by atoms with Crippen molar-refractivity contribution in [3.05, 3.63) is 78.1 Å². The third-order valence-electron chi connectivity index (χ3n) is 3.78. The Hall–Kier alpha value is -3.47. The predicted molar refractivity (Wildman–Crippen MR) is 94.8 cm³/mol. The van der Waals surface area contributed by atoms with Crippen molar-refractivity contribution in [3.8, 4) is 17.2 Å². The summed E-state index contributed by atoms with van der Waals surface area (Å²) in [5.74, 6) is -0.538. The summed E-state index contributed by atoms with van der Waals surface area (Å²) in [6.45, 7) is 0. The van der Waals surface area contributed by atoms with E-state index in [2.05, 4.69) is 9.98 Å². The number of aromatic nitrogens is 1. The summed E-state index contributed by atoms with van der Waals surface area (Å²) < 4.78 is 19.0. The molecule has 0 radical (unpaired) electrons. The zero-order chi connectivity index (χ0) is 17.2. The lowest BCUT2D eigenvalue weighted by molar-refractivity contribution is 0.431. The van der Waals surface area contributed by atoms with E-state index < -0.39 is 11.6 Å². The van der Waals surface area contributed by atoms with E-state index in [0.717, 1.165) is 16.7 Å². The van der Waals surface area contributed by atoms with Crippen molar-refractivity contribution in [1.82, 2.24) is 4.98 Å². The van der Waals surface area contributed by atoms with Crippen LogP contribution in [0.4, 0.5) is 10.1 Å². The molecule has 0 aliphatic carbocycles. The maximum absolute atomic E-state index is 13.3. The molecule has 122 valence electrons. The van der Waals surface area contributed by atoms with E-state index in [0.29, 0.717) is 17.1 Å². The molecule has 5 heteroatoms. The minimum Gasteiger partial charge on any atom is -0.504 e. The van der Waals surface area contributed by atoms with Gasteiger partial charge in [0.15, 0.2) is 17.1 Å². The van der Waals surface area contributed by atoms with Crippen LogP contribution < -0.4 is 0 Å². The molecule has 0 unspecified atom stereocenters. The fourth-order valence-corrected chi connectivity index (χ4v) is 2.47. The summed E-state index contributed by atoms with van der Waals surface area (Å²) in [7, 11) is 0. The Bertz CT molecular complexity index is 1040. The number of oxazole rings is 1. The zero-order valence-electron chi connectivity index (χ0n) is 13.1. The van der Waals surface area contributed by atoms with Crippen LogP contribution in [-0.2, 0) is 0 Å². The number of nitrogens with zero attached hydrogens (tertiary/aromatic N) is 2. The van der Waals surface area contributed by atoms with Crippen molar-refractivity contribution in [2.45, 2.75) is 0 Å². The molecule has 0 bridgehead atoms. The molecule has 3 aromatic carbocycles. The molecule has 4 aromatic rings. The van der Waals surface area contributed by atoms with Crippen molar-refractivity contribution >= 4 is 23.0 Å². The number of benzene rings is 3. The molecule has 0 saturated heterocycles. The second-order valence-corrected chi connectivity index (χ2v) is 5.47. The Labute approximate surface area is 142 Å². The highest BCUT2D eigenvalue weighted by molar-refractivity contribution is 5.85. The fourth-order valence-electron chi connectivity index (χ4n) is 2.47. The molecule has 4 nitrogen and oxygen atoms in total. The summed E-state index contributed by atoms with van der Waals surface area (Å²) in [6, 6.07) is 19.2. The first-order chi connectivity index (χ1) is 12.2. The standard InChI is InChI=1S/C20H13FN2O2/c21-16-5-3-4-14(19(16)24)12-22-15-10-8-13(9-11-15)20-23-17-6-1-2-7-18(17)25-20/h1-12,24H. The predicted octanol–water partition coefficient (Wildman–Crippen LogP) is 5.09. The molecular weight excluding hydrogens is 319 g/mol. The Morgan fingerprint density at radius 1 is 0.960 bits per heavy atom. The minimum absolute atomic E-state index is 0.322. The summed E-state index contributed by atoms with van der Waals surface area (Å²) in [6.07, 6.45) is 1.42. The maximum atomic E-state index is 13.3. The highest BCUT2D eigenvalue weighted by Gasteiger charge is 2.07. The van der Waals surface area contributed by atoms with E-state index in [1.165, 1.54) is 18.3 Å². The van der Waals surface area contributed by atoms with E-state index in [4.69, 9.17) is 4.42 Å². The molecule has 1 heterocycles. The number of aliphatic imine (C=N–C) groups is 1. The normalized spacial score (nSPS) is 11.4. The first-order valence-corrected chi connectivity index (χ1v) is 7.68. The van der Waals surface area contributed by atoms with Gasteiger partial charge in [0, 0.05) is 17.3 Å². The van der Waals surface area contributed by atoms with Gasteiger partial charge in [0.2, 0.25) is 5.89 Å². The van der Waals surface area contributed by atoms with Gasteiger partial charge >= 0.3 is 0 Å². The Kier molecular flexibility index (Phi) is 3.74. The van der Waals surface area contributed by atoms with Crippen LogP contribution in [0.1, 0.15) is 5.56 Å². The Morgan fingerprint density at radius 3 is 2.56 bits per heavy atom. The van der Waals surface area contributed by atoms with Crippen LogP contribution >= 0.6 is 0 Å². The molecule has 0 amide bonds. The van der Waals surface area contributed by atoms with Crippen LogP contribution in [0, 0.1) is 5.82 Å². The molecule has 0 saturated carbocycles. The second-order valence-electron chi connectivity index (χ2n) is 5.47. The van der Waals surface area contributed by atoms with Crippen LogP contribution in [0.25, 0.3) is 22.6 Å². The van der Waals surface area contributed by atoms with Gasteiger partial charge in [0.05, 0.1) is 5.69 Å². The van der Waals surface area contributed by atoms with Crippen LogP contribution in [0.5, 0.6) is 5.75 Å². The molecule has 0 aliphatic rings.